The molecular weight excluding hydrogens is 224 g/mol. The fourth-order valence-electron chi connectivity index (χ4n) is 1.88. The van der Waals surface area contributed by atoms with E-state index in [-0.39, 0.29) is 6.03 Å². The van der Waals surface area contributed by atoms with Gasteiger partial charge in [0.25, 0.3) is 0 Å². The van der Waals surface area contributed by atoms with E-state index in [1.807, 2.05) is 0 Å². The van der Waals surface area contributed by atoms with Crippen LogP contribution in [0.1, 0.15) is 19.8 Å². The first-order valence-corrected chi connectivity index (χ1v) is 5.81. The highest BCUT2D eigenvalue weighted by molar-refractivity contribution is 5.82. The maximum absolute atomic E-state index is 11.7. The van der Waals surface area contributed by atoms with Crippen molar-refractivity contribution >= 4 is 12.0 Å². The molecule has 1 atom stereocenters. The molecule has 1 saturated heterocycles. The van der Waals surface area contributed by atoms with Crippen LogP contribution in [-0.2, 0) is 9.53 Å². The molecule has 0 bridgehead atoms. The zero-order chi connectivity index (χ0) is 12.8. The Hall–Kier alpha value is -1.30. The highest BCUT2D eigenvalue weighted by Gasteiger charge is 2.24. The van der Waals surface area contributed by atoms with Gasteiger partial charge in [0, 0.05) is 26.8 Å². The minimum atomic E-state index is -1.02. The van der Waals surface area contributed by atoms with Crippen LogP contribution in [0, 0.1) is 5.92 Å². The molecule has 98 valence electrons. The number of methoxy groups -OCH3 is 1. The van der Waals surface area contributed by atoms with Crippen LogP contribution in [0.15, 0.2) is 0 Å². The molecule has 2 N–H and O–H groups in total. The molecule has 0 aromatic carbocycles. The zero-order valence-corrected chi connectivity index (χ0v) is 10.3. The van der Waals surface area contributed by atoms with Crippen LogP contribution < -0.4 is 5.32 Å². The standard InChI is InChI=1S/C11H20N2O4/c1-8(10(14)15)12-11(16)13-5-3-9(4-6-13)7-17-2/h8-9H,3-7H2,1-2H3,(H,12,16)(H,14,15)/t8-/m0/s1. The van der Waals surface area contributed by atoms with Gasteiger partial charge in [0.15, 0.2) is 0 Å². The summed E-state index contributed by atoms with van der Waals surface area (Å²) in [4.78, 5) is 24.0. The van der Waals surface area contributed by atoms with E-state index in [9.17, 15) is 9.59 Å². The van der Waals surface area contributed by atoms with Crippen molar-refractivity contribution < 1.29 is 19.4 Å². The van der Waals surface area contributed by atoms with E-state index in [0.717, 1.165) is 19.4 Å². The first-order valence-electron chi connectivity index (χ1n) is 5.81. The van der Waals surface area contributed by atoms with E-state index in [4.69, 9.17) is 9.84 Å². The van der Waals surface area contributed by atoms with Crippen molar-refractivity contribution in [2.75, 3.05) is 26.8 Å². The lowest BCUT2D eigenvalue weighted by Crippen LogP contribution is -2.49. The van der Waals surface area contributed by atoms with Crippen molar-refractivity contribution in [3.8, 4) is 0 Å². The Morgan fingerprint density at radius 2 is 2.06 bits per heavy atom. The van der Waals surface area contributed by atoms with Crippen molar-refractivity contribution in [1.29, 1.82) is 0 Å². The van der Waals surface area contributed by atoms with Gasteiger partial charge in [0.1, 0.15) is 6.04 Å². The number of piperidine rings is 1. The van der Waals surface area contributed by atoms with E-state index < -0.39 is 12.0 Å². The number of carboxylic acids is 1. The van der Waals surface area contributed by atoms with Crippen molar-refractivity contribution in [3.05, 3.63) is 0 Å². The fraction of sp³-hybridized carbons (Fsp3) is 0.818. The average molecular weight is 244 g/mol. The molecule has 0 aromatic rings. The molecule has 0 spiro atoms. The minimum Gasteiger partial charge on any atom is -0.480 e. The summed E-state index contributed by atoms with van der Waals surface area (Å²) in [6, 6.07) is -1.14. The predicted molar refractivity (Wildman–Crippen MR) is 61.8 cm³/mol. The summed E-state index contributed by atoms with van der Waals surface area (Å²) in [5.41, 5.74) is 0. The highest BCUT2D eigenvalue weighted by Crippen LogP contribution is 2.17. The van der Waals surface area contributed by atoms with Crippen LogP contribution in [0.3, 0.4) is 0 Å². The summed E-state index contributed by atoms with van der Waals surface area (Å²) in [7, 11) is 1.67. The van der Waals surface area contributed by atoms with E-state index >= 15 is 0 Å². The Morgan fingerprint density at radius 1 is 1.47 bits per heavy atom. The third-order valence-electron chi connectivity index (χ3n) is 3.01. The number of amides is 2. The van der Waals surface area contributed by atoms with E-state index in [0.29, 0.717) is 19.0 Å². The summed E-state index contributed by atoms with van der Waals surface area (Å²) < 4.78 is 5.08. The number of carboxylic acid groups (broad SMARTS) is 1. The average Bonchev–Trinajstić information content (AvgIpc) is 2.30. The lowest BCUT2D eigenvalue weighted by atomic mass is 9.98. The van der Waals surface area contributed by atoms with Crippen LogP contribution in [0.2, 0.25) is 0 Å². The summed E-state index contributed by atoms with van der Waals surface area (Å²) >= 11 is 0. The molecule has 0 saturated carbocycles. The number of hydrogen-bond acceptors (Lipinski definition) is 3. The van der Waals surface area contributed by atoms with Gasteiger partial charge in [-0.3, -0.25) is 4.79 Å². The van der Waals surface area contributed by atoms with Crippen molar-refractivity contribution in [3.63, 3.8) is 0 Å². The molecule has 6 heteroatoms. The Morgan fingerprint density at radius 3 is 2.53 bits per heavy atom. The Labute approximate surface area is 101 Å². The molecule has 1 rings (SSSR count). The zero-order valence-electron chi connectivity index (χ0n) is 10.3. The maximum atomic E-state index is 11.7. The number of likely N-dealkylation sites (tertiary alicyclic amines) is 1. The number of ether oxygens (including phenoxy) is 1. The lowest BCUT2D eigenvalue weighted by Gasteiger charge is -2.32. The Balaban J connectivity index is 2.33. The molecule has 6 nitrogen and oxygen atoms in total. The quantitative estimate of drug-likeness (QED) is 0.756. The number of nitrogens with one attached hydrogen (secondary N) is 1. The summed E-state index contributed by atoms with van der Waals surface area (Å²) in [5.74, 6) is -0.520. The van der Waals surface area contributed by atoms with E-state index in [1.165, 1.54) is 6.92 Å². The molecule has 0 aromatic heterocycles. The largest absolute Gasteiger partial charge is 0.480 e. The van der Waals surface area contributed by atoms with Crippen LogP contribution in [-0.4, -0.2) is 54.9 Å². The van der Waals surface area contributed by atoms with Crippen LogP contribution in [0.25, 0.3) is 0 Å². The van der Waals surface area contributed by atoms with Crippen LogP contribution in [0.4, 0.5) is 4.79 Å². The number of aliphatic carboxylic acids is 1. The Kier molecular flexibility index (Phi) is 5.21. The maximum Gasteiger partial charge on any atom is 0.325 e. The van der Waals surface area contributed by atoms with Gasteiger partial charge in [-0.25, -0.2) is 4.79 Å². The van der Waals surface area contributed by atoms with Gasteiger partial charge < -0.3 is 20.1 Å². The van der Waals surface area contributed by atoms with Gasteiger partial charge in [-0.2, -0.15) is 0 Å². The predicted octanol–water partition coefficient (Wildman–Crippen LogP) is 0.527. The first-order chi connectivity index (χ1) is 8.04. The second kappa shape index (κ2) is 6.44. The van der Waals surface area contributed by atoms with Gasteiger partial charge in [-0.15, -0.1) is 0 Å². The minimum absolute atomic E-state index is 0.296. The summed E-state index contributed by atoms with van der Waals surface area (Å²) in [6.45, 7) is 3.50. The number of urea groups is 1. The molecular formula is C11H20N2O4. The molecule has 1 heterocycles. The third kappa shape index (κ3) is 4.22. The van der Waals surface area contributed by atoms with Crippen molar-refractivity contribution in [2.24, 2.45) is 5.92 Å². The van der Waals surface area contributed by atoms with Gasteiger partial charge >= 0.3 is 12.0 Å². The third-order valence-corrected chi connectivity index (χ3v) is 3.01. The second-order valence-electron chi connectivity index (χ2n) is 4.40. The van der Waals surface area contributed by atoms with Gasteiger partial charge in [0.05, 0.1) is 0 Å². The lowest BCUT2D eigenvalue weighted by molar-refractivity contribution is -0.138. The van der Waals surface area contributed by atoms with Gasteiger partial charge in [-0.1, -0.05) is 0 Å². The highest BCUT2D eigenvalue weighted by atomic mass is 16.5. The molecule has 0 radical (unpaired) electrons. The van der Waals surface area contributed by atoms with Gasteiger partial charge in [-0.05, 0) is 25.7 Å². The second-order valence-corrected chi connectivity index (χ2v) is 4.40. The van der Waals surface area contributed by atoms with Crippen LogP contribution in [0.5, 0.6) is 0 Å². The van der Waals surface area contributed by atoms with Crippen LogP contribution >= 0.6 is 0 Å². The van der Waals surface area contributed by atoms with E-state index in [2.05, 4.69) is 5.32 Å². The number of carbonyl (C=O) groups excluding carboxylic acids is 1. The van der Waals surface area contributed by atoms with Crippen molar-refractivity contribution in [2.45, 2.75) is 25.8 Å². The normalized spacial score (nSPS) is 18.8. The smallest absolute Gasteiger partial charge is 0.325 e. The molecule has 1 aliphatic heterocycles. The SMILES string of the molecule is COCC1CCN(C(=O)N[C@@H](C)C(=O)O)CC1. The molecule has 1 aliphatic rings. The first kappa shape index (κ1) is 13.8. The molecule has 1 fully saturated rings. The molecule has 2 amide bonds. The van der Waals surface area contributed by atoms with Gasteiger partial charge in [0.2, 0.25) is 0 Å². The number of hydrogen-bond donors (Lipinski definition) is 2. The molecule has 0 aliphatic carbocycles. The Bertz CT molecular complexity index is 275. The number of rotatable bonds is 4. The summed E-state index contributed by atoms with van der Waals surface area (Å²) in [6.07, 6.45) is 1.81. The monoisotopic (exact) mass is 244 g/mol. The van der Waals surface area contributed by atoms with Crippen molar-refractivity contribution in [1.82, 2.24) is 10.2 Å². The fourth-order valence-corrected chi connectivity index (χ4v) is 1.88. The molecule has 0 unspecified atom stereocenters. The van der Waals surface area contributed by atoms with E-state index in [1.54, 1.807) is 12.0 Å². The number of carbonyl (C=O) groups is 2. The summed E-state index contributed by atoms with van der Waals surface area (Å²) in [5, 5.41) is 11.1. The number of nitrogens with zero attached hydrogens (tertiary/aromatic N) is 1. The topological polar surface area (TPSA) is 78.9 Å². The molecule has 17 heavy (non-hydrogen) atoms.